The first kappa shape index (κ1) is 12.7. The van der Waals surface area contributed by atoms with Gasteiger partial charge in [-0.15, -0.1) is 11.3 Å². The molecule has 0 saturated heterocycles. The van der Waals surface area contributed by atoms with Crippen molar-refractivity contribution < 1.29 is 0 Å². The van der Waals surface area contributed by atoms with Crippen LogP contribution >= 0.6 is 11.3 Å². The van der Waals surface area contributed by atoms with Crippen molar-refractivity contribution in [3.8, 4) is 6.07 Å². The predicted octanol–water partition coefficient (Wildman–Crippen LogP) is 4.43. The maximum atomic E-state index is 8.91. The number of nitriles is 1. The van der Waals surface area contributed by atoms with Crippen molar-refractivity contribution in [3.63, 3.8) is 0 Å². The normalized spacial score (nSPS) is 12.1. The third-order valence-electron chi connectivity index (χ3n) is 2.83. The van der Waals surface area contributed by atoms with Crippen LogP contribution in [0.4, 0.5) is 5.69 Å². The van der Waals surface area contributed by atoms with Crippen molar-refractivity contribution in [3.05, 3.63) is 52.2 Å². The molecule has 1 unspecified atom stereocenters. The van der Waals surface area contributed by atoms with E-state index in [0.29, 0.717) is 17.5 Å². The van der Waals surface area contributed by atoms with Crippen LogP contribution in [-0.2, 0) is 0 Å². The number of benzene rings is 1. The van der Waals surface area contributed by atoms with E-state index in [1.54, 1.807) is 11.3 Å². The minimum atomic E-state index is 0.291. The summed E-state index contributed by atoms with van der Waals surface area (Å²) in [5.74, 6) is 0.495. The van der Waals surface area contributed by atoms with Crippen molar-refractivity contribution >= 4 is 17.0 Å². The molecule has 0 aliphatic carbocycles. The highest BCUT2D eigenvalue weighted by molar-refractivity contribution is 7.10. The van der Waals surface area contributed by atoms with Crippen molar-refractivity contribution in [2.75, 3.05) is 5.32 Å². The maximum absolute atomic E-state index is 8.91. The van der Waals surface area contributed by atoms with E-state index in [-0.39, 0.29) is 0 Å². The Kier molecular flexibility index (Phi) is 4.01. The van der Waals surface area contributed by atoms with Gasteiger partial charge in [-0.25, -0.2) is 0 Å². The van der Waals surface area contributed by atoms with Crippen LogP contribution in [0.3, 0.4) is 0 Å². The summed E-state index contributed by atoms with van der Waals surface area (Å²) in [6.07, 6.45) is 0. The molecule has 2 nitrogen and oxygen atoms in total. The molecule has 2 rings (SSSR count). The number of anilines is 1. The first-order chi connectivity index (χ1) is 8.70. The van der Waals surface area contributed by atoms with Gasteiger partial charge in [-0.3, -0.25) is 0 Å². The summed E-state index contributed by atoms with van der Waals surface area (Å²) in [5.41, 5.74) is 1.69. The number of nitrogens with one attached hydrogen (secondary N) is 1. The molecule has 3 heteroatoms. The number of thiophene rings is 1. The van der Waals surface area contributed by atoms with Gasteiger partial charge in [-0.2, -0.15) is 5.26 Å². The summed E-state index contributed by atoms with van der Waals surface area (Å²) >= 11 is 1.76. The molecule has 18 heavy (non-hydrogen) atoms. The van der Waals surface area contributed by atoms with E-state index in [9.17, 15) is 0 Å². The molecule has 2 aromatic rings. The second-order valence-electron chi connectivity index (χ2n) is 4.57. The van der Waals surface area contributed by atoms with Crippen LogP contribution < -0.4 is 5.32 Å². The monoisotopic (exact) mass is 256 g/mol. The summed E-state index contributed by atoms with van der Waals surface area (Å²) in [6, 6.07) is 14.3. The molecule has 1 heterocycles. The van der Waals surface area contributed by atoms with Gasteiger partial charge in [0, 0.05) is 10.6 Å². The van der Waals surface area contributed by atoms with Crippen molar-refractivity contribution in [2.45, 2.75) is 19.9 Å². The Balaban J connectivity index is 2.22. The SMILES string of the molecule is CC(C)C(Nc1cccc(C#N)c1)c1cccs1. The molecule has 1 aromatic heterocycles. The van der Waals surface area contributed by atoms with Gasteiger partial charge in [-0.1, -0.05) is 26.0 Å². The minimum Gasteiger partial charge on any atom is -0.377 e. The summed E-state index contributed by atoms with van der Waals surface area (Å²) in [4.78, 5) is 1.33. The lowest BCUT2D eigenvalue weighted by atomic mass is 10.0. The smallest absolute Gasteiger partial charge is 0.0992 e. The topological polar surface area (TPSA) is 35.8 Å². The summed E-state index contributed by atoms with van der Waals surface area (Å²) in [7, 11) is 0. The van der Waals surface area contributed by atoms with Crippen LogP contribution in [0.25, 0.3) is 0 Å². The highest BCUT2D eigenvalue weighted by Crippen LogP contribution is 2.29. The molecule has 1 atom stereocenters. The zero-order chi connectivity index (χ0) is 13.0. The summed E-state index contributed by atoms with van der Waals surface area (Å²) in [5, 5.41) is 14.5. The zero-order valence-corrected chi connectivity index (χ0v) is 11.4. The van der Waals surface area contributed by atoms with Crippen molar-refractivity contribution in [1.29, 1.82) is 5.26 Å². The van der Waals surface area contributed by atoms with E-state index in [1.165, 1.54) is 4.88 Å². The van der Waals surface area contributed by atoms with Crippen LogP contribution in [0, 0.1) is 17.2 Å². The molecule has 0 amide bonds. The van der Waals surface area contributed by atoms with E-state index < -0.39 is 0 Å². The Labute approximate surface area is 112 Å². The van der Waals surface area contributed by atoms with Crippen molar-refractivity contribution in [1.82, 2.24) is 0 Å². The Morgan fingerprint density at radius 2 is 2.06 bits per heavy atom. The highest BCUT2D eigenvalue weighted by Gasteiger charge is 2.16. The number of nitrogens with zero attached hydrogens (tertiary/aromatic N) is 1. The van der Waals surface area contributed by atoms with Gasteiger partial charge in [0.1, 0.15) is 0 Å². The molecule has 1 N–H and O–H groups in total. The van der Waals surface area contributed by atoms with Gasteiger partial charge < -0.3 is 5.32 Å². The van der Waals surface area contributed by atoms with E-state index in [1.807, 2.05) is 24.3 Å². The third-order valence-corrected chi connectivity index (χ3v) is 3.79. The van der Waals surface area contributed by atoms with E-state index in [2.05, 4.69) is 42.7 Å². The molecular formula is C15H16N2S. The Morgan fingerprint density at radius 3 is 2.67 bits per heavy atom. The molecular weight excluding hydrogens is 240 g/mol. The highest BCUT2D eigenvalue weighted by atomic mass is 32.1. The number of rotatable bonds is 4. The van der Waals surface area contributed by atoms with Crippen LogP contribution in [0.15, 0.2) is 41.8 Å². The predicted molar refractivity (Wildman–Crippen MR) is 76.7 cm³/mol. The molecule has 1 aromatic carbocycles. The van der Waals surface area contributed by atoms with Gasteiger partial charge in [-0.05, 0) is 35.6 Å². The molecule has 0 fully saturated rings. The lowest BCUT2D eigenvalue weighted by Crippen LogP contribution is -2.15. The van der Waals surface area contributed by atoms with Gasteiger partial charge in [0.2, 0.25) is 0 Å². The average Bonchev–Trinajstić information content (AvgIpc) is 2.89. The number of hydrogen-bond acceptors (Lipinski definition) is 3. The second kappa shape index (κ2) is 5.70. The largest absolute Gasteiger partial charge is 0.377 e. The summed E-state index contributed by atoms with van der Waals surface area (Å²) < 4.78 is 0. The molecule has 0 bridgehead atoms. The summed E-state index contributed by atoms with van der Waals surface area (Å²) in [6.45, 7) is 4.40. The minimum absolute atomic E-state index is 0.291. The van der Waals surface area contributed by atoms with Gasteiger partial charge in [0.25, 0.3) is 0 Å². The van der Waals surface area contributed by atoms with Crippen molar-refractivity contribution in [2.24, 2.45) is 5.92 Å². The fraction of sp³-hybridized carbons (Fsp3) is 0.267. The van der Waals surface area contributed by atoms with E-state index >= 15 is 0 Å². The Morgan fingerprint density at radius 1 is 1.22 bits per heavy atom. The van der Waals surface area contributed by atoms with Gasteiger partial charge in [0.15, 0.2) is 0 Å². The van der Waals surface area contributed by atoms with Gasteiger partial charge in [0.05, 0.1) is 17.7 Å². The van der Waals surface area contributed by atoms with Crippen LogP contribution in [-0.4, -0.2) is 0 Å². The second-order valence-corrected chi connectivity index (χ2v) is 5.55. The number of hydrogen-bond donors (Lipinski definition) is 1. The third kappa shape index (κ3) is 2.91. The zero-order valence-electron chi connectivity index (χ0n) is 10.6. The molecule has 0 radical (unpaired) electrons. The van der Waals surface area contributed by atoms with Crippen LogP contribution in [0.1, 0.15) is 30.3 Å². The Hall–Kier alpha value is -1.79. The first-order valence-electron chi connectivity index (χ1n) is 6.01. The lowest BCUT2D eigenvalue weighted by molar-refractivity contribution is 0.554. The first-order valence-corrected chi connectivity index (χ1v) is 6.89. The standard InChI is InChI=1S/C15H16N2S/c1-11(2)15(14-7-4-8-18-14)17-13-6-3-5-12(9-13)10-16/h3-9,11,15,17H,1-2H3. The van der Waals surface area contributed by atoms with E-state index in [4.69, 9.17) is 5.26 Å². The molecule has 0 saturated carbocycles. The Bertz CT molecular complexity index is 538. The van der Waals surface area contributed by atoms with E-state index in [0.717, 1.165) is 5.69 Å². The molecule has 0 spiro atoms. The van der Waals surface area contributed by atoms with Crippen LogP contribution in [0.2, 0.25) is 0 Å². The average molecular weight is 256 g/mol. The lowest BCUT2D eigenvalue weighted by Gasteiger charge is -2.22. The maximum Gasteiger partial charge on any atom is 0.0992 e. The van der Waals surface area contributed by atoms with Gasteiger partial charge >= 0.3 is 0 Å². The molecule has 0 aliphatic rings. The molecule has 92 valence electrons. The fourth-order valence-corrected chi connectivity index (χ4v) is 2.84. The van der Waals surface area contributed by atoms with Crippen LogP contribution in [0.5, 0.6) is 0 Å². The quantitative estimate of drug-likeness (QED) is 0.878. The molecule has 0 aliphatic heterocycles. The fourth-order valence-electron chi connectivity index (χ4n) is 1.89.